The quantitative estimate of drug-likeness (QED) is 0.739. The van der Waals surface area contributed by atoms with Crippen LogP contribution in [0.15, 0.2) is 29.3 Å². The SMILES string of the molecule is O=C1N[C@]2(CCNC2)N=C1c1ccc(F)cc1. The zero-order valence-corrected chi connectivity index (χ0v) is 9.16. The predicted molar refractivity (Wildman–Crippen MR) is 61.3 cm³/mol. The van der Waals surface area contributed by atoms with E-state index in [9.17, 15) is 9.18 Å². The summed E-state index contributed by atoms with van der Waals surface area (Å²) in [6, 6.07) is 5.83. The van der Waals surface area contributed by atoms with Gasteiger partial charge in [-0.1, -0.05) is 0 Å². The molecule has 1 amide bonds. The largest absolute Gasteiger partial charge is 0.325 e. The smallest absolute Gasteiger partial charge is 0.272 e. The first-order chi connectivity index (χ1) is 8.19. The van der Waals surface area contributed by atoms with E-state index in [1.165, 1.54) is 12.1 Å². The van der Waals surface area contributed by atoms with Crippen molar-refractivity contribution in [2.75, 3.05) is 13.1 Å². The Morgan fingerprint density at radius 2 is 2.06 bits per heavy atom. The molecule has 1 aromatic rings. The summed E-state index contributed by atoms with van der Waals surface area (Å²) in [5.74, 6) is -0.495. The Balaban J connectivity index is 1.97. The number of halogens is 1. The average molecular weight is 233 g/mol. The number of rotatable bonds is 1. The Morgan fingerprint density at radius 3 is 2.71 bits per heavy atom. The van der Waals surface area contributed by atoms with Crippen molar-refractivity contribution in [1.29, 1.82) is 0 Å². The van der Waals surface area contributed by atoms with E-state index in [0.717, 1.165) is 13.0 Å². The maximum Gasteiger partial charge on any atom is 0.272 e. The molecule has 0 radical (unpaired) electrons. The first-order valence-electron chi connectivity index (χ1n) is 5.58. The maximum atomic E-state index is 12.8. The molecule has 1 atom stereocenters. The Kier molecular flexibility index (Phi) is 2.22. The third kappa shape index (κ3) is 1.72. The number of carbonyl (C=O) groups is 1. The third-order valence-electron chi connectivity index (χ3n) is 3.14. The number of nitrogens with one attached hydrogen (secondary N) is 2. The van der Waals surface area contributed by atoms with E-state index in [2.05, 4.69) is 15.6 Å². The van der Waals surface area contributed by atoms with Crippen molar-refractivity contribution in [2.45, 2.75) is 12.1 Å². The first kappa shape index (κ1) is 10.4. The normalized spacial score (nSPS) is 27.4. The number of hydrogen-bond acceptors (Lipinski definition) is 3. The van der Waals surface area contributed by atoms with Crippen LogP contribution >= 0.6 is 0 Å². The van der Waals surface area contributed by atoms with Gasteiger partial charge in [0.2, 0.25) is 0 Å². The second-order valence-electron chi connectivity index (χ2n) is 4.38. The molecule has 2 N–H and O–H groups in total. The van der Waals surface area contributed by atoms with E-state index in [0.29, 0.717) is 17.8 Å². The lowest BCUT2D eigenvalue weighted by atomic mass is 10.1. The molecule has 2 heterocycles. The fraction of sp³-hybridized carbons (Fsp3) is 0.333. The van der Waals surface area contributed by atoms with E-state index in [1.54, 1.807) is 12.1 Å². The summed E-state index contributed by atoms with van der Waals surface area (Å²) in [5, 5.41) is 6.07. The van der Waals surface area contributed by atoms with Gasteiger partial charge < -0.3 is 10.6 Å². The van der Waals surface area contributed by atoms with Crippen molar-refractivity contribution in [1.82, 2.24) is 10.6 Å². The molecule has 2 aliphatic rings. The molecule has 0 bridgehead atoms. The van der Waals surface area contributed by atoms with Gasteiger partial charge in [0.15, 0.2) is 0 Å². The Hall–Kier alpha value is -1.75. The van der Waals surface area contributed by atoms with Gasteiger partial charge in [-0.05, 0) is 30.8 Å². The van der Waals surface area contributed by atoms with Crippen molar-refractivity contribution in [2.24, 2.45) is 4.99 Å². The summed E-state index contributed by atoms with van der Waals surface area (Å²) in [4.78, 5) is 16.3. The van der Waals surface area contributed by atoms with E-state index >= 15 is 0 Å². The van der Waals surface area contributed by atoms with Crippen LogP contribution in [0.1, 0.15) is 12.0 Å². The lowest BCUT2D eigenvalue weighted by Gasteiger charge is -2.17. The first-order valence-corrected chi connectivity index (χ1v) is 5.58. The molecule has 88 valence electrons. The highest BCUT2D eigenvalue weighted by Gasteiger charge is 2.41. The lowest BCUT2D eigenvalue weighted by molar-refractivity contribution is -0.115. The van der Waals surface area contributed by atoms with Crippen molar-refractivity contribution in [3.8, 4) is 0 Å². The summed E-state index contributed by atoms with van der Waals surface area (Å²) in [5.41, 5.74) is 0.572. The molecule has 0 unspecified atom stereocenters. The van der Waals surface area contributed by atoms with Crippen molar-refractivity contribution >= 4 is 11.6 Å². The van der Waals surface area contributed by atoms with E-state index in [4.69, 9.17) is 0 Å². The molecule has 0 aliphatic carbocycles. The van der Waals surface area contributed by atoms with Gasteiger partial charge in [0.1, 0.15) is 17.2 Å². The molecule has 0 aromatic heterocycles. The van der Waals surface area contributed by atoms with Gasteiger partial charge >= 0.3 is 0 Å². The van der Waals surface area contributed by atoms with Crippen molar-refractivity contribution < 1.29 is 9.18 Å². The fourth-order valence-corrected chi connectivity index (χ4v) is 2.25. The Labute approximate surface area is 97.9 Å². The van der Waals surface area contributed by atoms with Gasteiger partial charge in [-0.2, -0.15) is 0 Å². The average Bonchev–Trinajstić information content (AvgIpc) is 2.88. The third-order valence-corrected chi connectivity index (χ3v) is 3.14. The van der Waals surface area contributed by atoms with Crippen LogP contribution in [0.5, 0.6) is 0 Å². The molecule has 0 saturated carbocycles. The summed E-state index contributed by atoms with van der Waals surface area (Å²) in [6.07, 6.45) is 0.795. The van der Waals surface area contributed by atoms with Gasteiger partial charge in [0, 0.05) is 18.5 Å². The van der Waals surface area contributed by atoms with Crippen LogP contribution < -0.4 is 10.6 Å². The minimum absolute atomic E-state index is 0.180. The van der Waals surface area contributed by atoms with Gasteiger partial charge in [-0.25, -0.2) is 9.38 Å². The van der Waals surface area contributed by atoms with Crippen LogP contribution in [0.25, 0.3) is 0 Å². The molecule has 4 nitrogen and oxygen atoms in total. The number of hydrogen-bond donors (Lipinski definition) is 2. The summed E-state index contributed by atoms with van der Waals surface area (Å²) < 4.78 is 12.8. The number of nitrogens with zero attached hydrogens (tertiary/aromatic N) is 1. The standard InChI is InChI=1S/C12H12FN3O/c13-9-3-1-8(2-4-9)10-11(17)16-12(15-10)5-6-14-7-12/h1-4,14H,5-7H2,(H,16,17)/t12-/m0/s1. The van der Waals surface area contributed by atoms with Crippen LogP contribution in [0, 0.1) is 5.82 Å². The molecule has 5 heteroatoms. The zero-order valence-electron chi connectivity index (χ0n) is 9.16. The summed E-state index contributed by atoms with van der Waals surface area (Å²) >= 11 is 0. The topological polar surface area (TPSA) is 53.5 Å². The number of carbonyl (C=O) groups excluding carboxylic acids is 1. The molecule has 17 heavy (non-hydrogen) atoms. The molecule has 2 aliphatic heterocycles. The monoisotopic (exact) mass is 233 g/mol. The highest BCUT2D eigenvalue weighted by molar-refractivity contribution is 6.46. The lowest BCUT2D eigenvalue weighted by Crippen LogP contribution is -2.44. The molecular weight excluding hydrogens is 221 g/mol. The molecule has 3 rings (SSSR count). The fourth-order valence-electron chi connectivity index (χ4n) is 2.25. The van der Waals surface area contributed by atoms with E-state index in [1.807, 2.05) is 0 Å². The minimum Gasteiger partial charge on any atom is -0.325 e. The second-order valence-corrected chi connectivity index (χ2v) is 4.38. The molecular formula is C12H12FN3O. The van der Waals surface area contributed by atoms with Crippen molar-refractivity contribution in [3.05, 3.63) is 35.6 Å². The minimum atomic E-state index is -0.485. The number of benzene rings is 1. The maximum absolute atomic E-state index is 12.8. The summed E-state index contributed by atoms with van der Waals surface area (Å²) in [7, 11) is 0. The second kappa shape index (κ2) is 3.63. The van der Waals surface area contributed by atoms with E-state index in [-0.39, 0.29) is 11.7 Å². The Bertz CT molecular complexity index is 489. The van der Waals surface area contributed by atoms with Crippen molar-refractivity contribution in [3.63, 3.8) is 0 Å². The van der Waals surface area contributed by atoms with E-state index < -0.39 is 5.66 Å². The molecule has 1 spiro atoms. The van der Waals surface area contributed by atoms with Crippen LogP contribution in [-0.4, -0.2) is 30.4 Å². The van der Waals surface area contributed by atoms with Gasteiger partial charge in [0.05, 0.1) is 0 Å². The van der Waals surface area contributed by atoms with Gasteiger partial charge in [-0.15, -0.1) is 0 Å². The van der Waals surface area contributed by atoms with Crippen LogP contribution in [-0.2, 0) is 4.79 Å². The molecule has 1 fully saturated rings. The molecule has 1 saturated heterocycles. The van der Waals surface area contributed by atoms with Crippen LogP contribution in [0.3, 0.4) is 0 Å². The Morgan fingerprint density at radius 1 is 1.29 bits per heavy atom. The number of aliphatic imine (C=N–C) groups is 1. The number of amides is 1. The highest BCUT2D eigenvalue weighted by atomic mass is 19.1. The predicted octanol–water partition coefficient (Wildman–Crippen LogP) is 0.434. The molecule has 1 aromatic carbocycles. The highest BCUT2D eigenvalue weighted by Crippen LogP contribution is 2.23. The van der Waals surface area contributed by atoms with Crippen LogP contribution in [0.4, 0.5) is 4.39 Å². The van der Waals surface area contributed by atoms with Gasteiger partial charge in [-0.3, -0.25) is 4.79 Å². The zero-order chi connectivity index (χ0) is 11.9. The summed E-state index contributed by atoms with van der Waals surface area (Å²) in [6.45, 7) is 1.50. The van der Waals surface area contributed by atoms with Gasteiger partial charge in [0.25, 0.3) is 5.91 Å². The van der Waals surface area contributed by atoms with Crippen LogP contribution in [0.2, 0.25) is 0 Å².